The van der Waals surface area contributed by atoms with E-state index >= 15 is 0 Å². The highest BCUT2D eigenvalue weighted by atomic mass is 127. The minimum absolute atomic E-state index is 0. The maximum atomic E-state index is 8.92. The van der Waals surface area contributed by atoms with Crippen molar-refractivity contribution in [3.8, 4) is 11.5 Å². The summed E-state index contributed by atoms with van der Waals surface area (Å²) in [6, 6.07) is 6.29. The van der Waals surface area contributed by atoms with Crippen LogP contribution in [0.15, 0.2) is 23.2 Å². The lowest BCUT2D eigenvalue weighted by molar-refractivity contribution is 0.196. The number of aliphatic hydroxyl groups is 1. The number of methoxy groups -OCH3 is 1. The van der Waals surface area contributed by atoms with E-state index in [4.69, 9.17) is 19.6 Å². The Kier molecular flexibility index (Phi) is 12.4. The van der Waals surface area contributed by atoms with Gasteiger partial charge in [0.15, 0.2) is 17.5 Å². The Labute approximate surface area is 192 Å². The van der Waals surface area contributed by atoms with Crippen molar-refractivity contribution in [1.82, 2.24) is 10.6 Å². The standard InChI is InChI=1S/C22H37N3O3.HI/c1-5-23-22(25-19-9-7-18(8-10-19)16(2)3)24-15-17-6-11-20(28-13-12-26)21(14-17)27-4;/h6,11,14,16,18-19,26H,5,7-10,12-13,15H2,1-4H3,(H2,23,24,25);1H. The van der Waals surface area contributed by atoms with Crippen LogP contribution in [0, 0.1) is 11.8 Å². The molecule has 1 aromatic rings. The molecule has 1 fully saturated rings. The largest absolute Gasteiger partial charge is 0.493 e. The SMILES string of the molecule is CCNC(=NCc1ccc(OCCO)c(OC)c1)NC1CCC(C(C)C)CC1.I. The summed E-state index contributed by atoms with van der Waals surface area (Å²) in [4.78, 5) is 4.76. The van der Waals surface area contributed by atoms with E-state index in [9.17, 15) is 0 Å². The van der Waals surface area contributed by atoms with E-state index in [-0.39, 0.29) is 37.2 Å². The molecule has 0 aliphatic heterocycles. The highest BCUT2D eigenvalue weighted by Crippen LogP contribution is 2.30. The van der Waals surface area contributed by atoms with E-state index in [1.807, 2.05) is 18.2 Å². The highest BCUT2D eigenvalue weighted by Gasteiger charge is 2.23. The molecule has 0 radical (unpaired) electrons. The topological polar surface area (TPSA) is 75.1 Å². The maximum Gasteiger partial charge on any atom is 0.191 e. The molecule has 7 heteroatoms. The number of hydrogen-bond donors (Lipinski definition) is 3. The van der Waals surface area contributed by atoms with Gasteiger partial charge in [0.1, 0.15) is 6.61 Å². The normalized spacial score (nSPS) is 19.4. The van der Waals surface area contributed by atoms with Crippen molar-refractivity contribution in [3.05, 3.63) is 23.8 Å². The van der Waals surface area contributed by atoms with Crippen molar-refractivity contribution in [2.24, 2.45) is 16.8 Å². The van der Waals surface area contributed by atoms with Crippen LogP contribution in [-0.2, 0) is 6.54 Å². The van der Waals surface area contributed by atoms with Crippen molar-refractivity contribution in [1.29, 1.82) is 0 Å². The van der Waals surface area contributed by atoms with Gasteiger partial charge in [-0.25, -0.2) is 4.99 Å². The minimum Gasteiger partial charge on any atom is -0.493 e. The molecule has 1 saturated carbocycles. The van der Waals surface area contributed by atoms with E-state index in [0.717, 1.165) is 29.9 Å². The molecule has 2 rings (SSSR count). The van der Waals surface area contributed by atoms with Crippen LogP contribution >= 0.6 is 24.0 Å². The van der Waals surface area contributed by atoms with Gasteiger partial charge in [-0.05, 0) is 62.1 Å². The number of guanidine groups is 1. The number of halogens is 1. The second-order valence-electron chi connectivity index (χ2n) is 7.75. The van der Waals surface area contributed by atoms with Gasteiger partial charge in [-0.15, -0.1) is 24.0 Å². The summed E-state index contributed by atoms with van der Waals surface area (Å²) in [5, 5.41) is 15.9. The van der Waals surface area contributed by atoms with Crippen LogP contribution in [0.2, 0.25) is 0 Å². The van der Waals surface area contributed by atoms with E-state index in [2.05, 4.69) is 31.4 Å². The summed E-state index contributed by atoms with van der Waals surface area (Å²) >= 11 is 0. The van der Waals surface area contributed by atoms with Crippen LogP contribution in [0.4, 0.5) is 0 Å². The molecule has 0 atom stereocenters. The third-order valence-corrected chi connectivity index (χ3v) is 5.40. The zero-order valence-corrected chi connectivity index (χ0v) is 20.6. The number of aliphatic hydroxyl groups excluding tert-OH is 1. The molecule has 0 unspecified atom stereocenters. The second kappa shape index (κ2) is 13.9. The summed E-state index contributed by atoms with van der Waals surface area (Å²) in [7, 11) is 1.62. The molecular weight excluding hydrogens is 481 g/mol. The first-order chi connectivity index (χ1) is 13.6. The Morgan fingerprint density at radius 3 is 2.52 bits per heavy atom. The van der Waals surface area contributed by atoms with Crippen LogP contribution in [0.25, 0.3) is 0 Å². The lowest BCUT2D eigenvalue weighted by atomic mass is 9.80. The minimum atomic E-state index is -0.0218. The Morgan fingerprint density at radius 2 is 1.93 bits per heavy atom. The maximum absolute atomic E-state index is 8.92. The van der Waals surface area contributed by atoms with Crippen LogP contribution in [-0.4, -0.2) is 44.0 Å². The van der Waals surface area contributed by atoms with E-state index in [1.54, 1.807) is 7.11 Å². The Hall–Kier alpha value is -1.22. The number of ether oxygens (including phenoxy) is 2. The average Bonchev–Trinajstić information content (AvgIpc) is 2.71. The first kappa shape index (κ1) is 25.8. The molecule has 0 spiro atoms. The second-order valence-corrected chi connectivity index (χ2v) is 7.75. The molecule has 1 aromatic carbocycles. The number of nitrogens with zero attached hydrogens (tertiary/aromatic N) is 1. The number of rotatable bonds is 9. The molecule has 0 bridgehead atoms. The van der Waals surface area contributed by atoms with Gasteiger partial charge in [-0.2, -0.15) is 0 Å². The first-order valence-corrected chi connectivity index (χ1v) is 10.5. The molecule has 6 nitrogen and oxygen atoms in total. The van der Waals surface area contributed by atoms with Gasteiger partial charge in [0.2, 0.25) is 0 Å². The summed E-state index contributed by atoms with van der Waals surface area (Å²) in [6.07, 6.45) is 5.00. The van der Waals surface area contributed by atoms with Crippen LogP contribution < -0.4 is 20.1 Å². The summed E-state index contributed by atoms with van der Waals surface area (Å²) in [5.41, 5.74) is 1.05. The molecule has 0 amide bonds. The summed E-state index contributed by atoms with van der Waals surface area (Å²) in [5.74, 6) is 3.80. The Balaban J connectivity index is 0.00000420. The zero-order chi connectivity index (χ0) is 20.4. The van der Waals surface area contributed by atoms with Gasteiger partial charge >= 0.3 is 0 Å². The number of nitrogens with one attached hydrogen (secondary N) is 2. The monoisotopic (exact) mass is 519 g/mol. The number of benzene rings is 1. The average molecular weight is 519 g/mol. The van der Waals surface area contributed by atoms with E-state index in [1.165, 1.54) is 25.7 Å². The van der Waals surface area contributed by atoms with Crippen molar-refractivity contribution < 1.29 is 14.6 Å². The third kappa shape index (κ3) is 8.58. The molecule has 3 N–H and O–H groups in total. The van der Waals surface area contributed by atoms with Crippen molar-refractivity contribution in [2.75, 3.05) is 26.9 Å². The molecule has 0 saturated heterocycles. The Bertz CT molecular complexity index is 617. The Morgan fingerprint density at radius 1 is 1.21 bits per heavy atom. The fraction of sp³-hybridized carbons (Fsp3) is 0.682. The van der Waals surface area contributed by atoms with Crippen molar-refractivity contribution >= 4 is 29.9 Å². The molecule has 29 heavy (non-hydrogen) atoms. The van der Waals surface area contributed by atoms with Gasteiger partial charge in [-0.3, -0.25) is 0 Å². The third-order valence-electron chi connectivity index (χ3n) is 5.40. The molecule has 0 aromatic heterocycles. The van der Waals surface area contributed by atoms with Gasteiger partial charge in [-0.1, -0.05) is 19.9 Å². The highest BCUT2D eigenvalue weighted by molar-refractivity contribution is 14.0. The molecule has 1 aliphatic carbocycles. The van der Waals surface area contributed by atoms with Crippen LogP contribution in [0.1, 0.15) is 52.0 Å². The summed E-state index contributed by atoms with van der Waals surface area (Å²) < 4.78 is 10.9. The van der Waals surface area contributed by atoms with Gasteiger partial charge in [0, 0.05) is 12.6 Å². The van der Waals surface area contributed by atoms with Crippen LogP contribution in [0.3, 0.4) is 0 Å². The first-order valence-electron chi connectivity index (χ1n) is 10.5. The predicted molar refractivity (Wildman–Crippen MR) is 130 cm³/mol. The molecular formula is C22H38IN3O3. The fourth-order valence-corrected chi connectivity index (χ4v) is 3.70. The quantitative estimate of drug-likeness (QED) is 0.262. The van der Waals surface area contributed by atoms with Crippen molar-refractivity contribution in [3.63, 3.8) is 0 Å². The predicted octanol–water partition coefficient (Wildman–Crippen LogP) is 3.95. The number of aliphatic imine (C=N–C) groups is 1. The van der Waals surface area contributed by atoms with E-state index in [0.29, 0.717) is 24.1 Å². The van der Waals surface area contributed by atoms with Crippen LogP contribution in [0.5, 0.6) is 11.5 Å². The fourth-order valence-electron chi connectivity index (χ4n) is 3.70. The zero-order valence-electron chi connectivity index (χ0n) is 18.2. The van der Waals surface area contributed by atoms with E-state index < -0.39 is 0 Å². The molecule has 166 valence electrons. The van der Waals surface area contributed by atoms with Gasteiger partial charge in [0.05, 0.1) is 20.3 Å². The summed E-state index contributed by atoms with van der Waals surface area (Å²) in [6.45, 7) is 8.38. The molecule has 1 aliphatic rings. The van der Waals surface area contributed by atoms with Gasteiger partial charge in [0.25, 0.3) is 0 Å². The smallest absolute Gasteiger partial charge is 0.191 e. The number of hydrogen-bond acceptors (Lipinski definition) is 4. The lowest BCUT2D eigenvalue weighted by Crippen LogP contribution is -2.45. The van der Waals surface area contributed by atoms with Crippen molar-refractivity contribution in [2.45, 2.75) is 59.0 Å². The lowest BCUT2D eigenvalue weighted by Gasteiger charge is -2.32. The molecule has 0 heterocycles. The van der Waals surface area contributed by atoms with Gasteiger partial charge < -0.3 is 25.2 Å².